The Bertz CT molecular complexity index is 1590. The third kappa shape index (κ3) is 6.15. The Morgan fingerprint density at radius 1 is 1.02 bits per heavy atom. The molecule has 0 atom stereocenters. The Balaban J connectivity index is 1.53. The number of ether oxygens (including phenoxy) is 1. The summed E-state index contributed by atoms with van der Waals surface area (Å²) < 4.78 is 7.24. The molecule has 40 heavy (non-hydrogen) atoms. The molecule has 1 aliphatic rings. The Morgan fingerprint density at radius 3 is 2.55 bits per heavy atom. The lowest BCUT2D eigenvalue weighted by Gasteiger charge is -2.38. The number of benzene rings is 3. The minimum absolute atomic E-state index is 0.0516. The molecule has 0 saturated carbocycles. The van der Waals surface area contributed by atoms with Crippen molar-refractivity contribution in [3.05, 3.63) is 117 Å². The first-order valence-corrected chi connectivity index (χ1v) is 14.9. The van der Waals surface area contributed by atoms with E-state index in [0.29, 0.717) is 33.8 Å². The molecular formula is C30H24Cl2N4O2S2. The lowest BCUT2D eigenvalue weighted by molar-refractivity contribution is -0.124. The van der Waals surface area contributed by atoms with Crippen molar-refractivity contribution in [2.75, 3.05) is 13.8 Å². The van der Waals surface area contributed by atoms with Gasteiger partial charge in [0, 0.05) is 28.3 Å². The van der Waals surface area contributed by atoms with Crippen LogP contribution in [0.4, 0.5) is 0 Å². The molecule has 3 aromatic carbocycles. The molecule has 2 heterocycles. The summed E-state index contributed by atoms with van der Waals surface area (Å²) in [5.74, 6) is 0.967. The Morgan fingerprint density at radius 2 is 1.85 bits per heavy atom. The molecule has 202 valence electrons. The van der Waals surface area contributed by atoms with Crippen LogP contribution in [0.1, 0.15) is 16.7 Å². The number of hydrazine groups is 1. The normalized spacial score (nSPS) is 13.5. The van der Waals surface area contributed by atoms with Crippen LogP contribution in [0.5, 0.6) is 5.75 Å². The first-order valence-electron chi connectivity index (χ1n) is 12.3. The van der Waals surface area contributed by atoms with Crippen LogP contribution in [-0.2, 0) is 17.1 Å². The van der Waals surface area contributed by atoms with Gasteiger partial charge in [0.2, 0.25) is 0 Å². The number of carbonyl (C=O) groups excluding carboxylic acids is 1. The van der Waals surface area contributed by atoms with Gasteiger partial charge in [0.1, 0.15) is 24.1 Å². The number of hydrogen-bond acceptors (Lipinski definition) is 7. The lowest BCUT2D eigenvalue weighted by atomic mass is 10.0. The van der Waals surface area contributed by atoms with Gasteiger partial charge in [-0.3, -0.25) is 14.1 Å². The second-order valence-corrected chi connectivity index (χ2v) is 11.6. The number of halogens is 2. The minimum Gasteiger partial charge on any atom is -0.496 e. The van der Waals surface area contributed by atoms with Crippen molar-refractivity contribution in [2.24, 2.45) is 0 Å². The SMILES string of the molecule is COc1ccc(C2=C(C#N)C(=O)N(SCc3ccccc3)CN2NCc2ccc(Cl)c(Cl)c2)cc1-c1cccs1. The van der Waals surface area contributed by atoms with Gasteiger partial charge in [-0.15, -0.1) is 11.3 Å². The van der Waals surface area contributed by atoms with Crippen molar-refractivity contribution < 1.29 is 9.53 Å². The van der Waals surface area contributed by atoms with Gasteiger partial charge in [-0.05, 0) is 64.9 Å². The molecule has 0 saturated heterocycles. The van der Waals surface area contributed by atoms with E-state index in [1.54, 1.807) is 34.9 Å². The molecule has 1 amide bonds. The number of thiophene rings is 1. The van der Waals surface area contributed by atoms with Gasteiger partial charge < -0.3 is 4.74 Å². The third-order valence-electron chi connectivity index (χ3n) is 6.28. The maximum absolute atomic E-state index is 13.6. The Kier molecular flexibility index (Phi) is 9.00. The van der Waals surface area contributed by atoms with Crippen molar-refractivity contribution >= 4 is 58.1 Å². The number of carbonyl (C=O) groups is 1. The molecule has 4 aromatic rings. The highest BCUT2D eigenvalue weighted by Gasteiger charge is 2.34. The second-order valence-electron chi connectivity index (χ2n) is 8.82. The summed E-state index contributed by atoms with van der Waals surface area (Å²) in [7, 11) is 1.63. The van der Waals surface area contributed by atoms with Gasteiger partial charge in [0.05, 0.1) is 22.9 Å². The van der Waals surface area contributed by atoms with Gasteiger partial charge in [-0.1, -0.05) is 65.7 Å². The molecule has 0 unspecified atom stereocenters. The van der Waals surface area contributed by atoms with E-state index < -0.39 is 0 Å². The van der Waals surface area contributed by atoms with Crippen LogP contribution in [0, 0.1) is 11.3 Å². The Labute approximate surface area is 251 Å². The van der Waals surface area contributed by atoms with E-state index in [1.807, 2.05) is 77.1 Å². The zero-order valence-corrected chi connectivity index (χ0v) is 24.6. The number of nitriles is 1. The van der Waals surface area contributed by atoms with Crippen molar-refractivity contribution in [1.29, 1.82) is 5.26 Å². The monoisotopic (exact) mass is 606 g/mol. The predicted octanol–water partition coefficient (Wildman–Crippen LogP) is 7.62. The molecule has 10 heteroatoms. The van der Waals surface area contributed by atoms with Gasteiger partial charge >= 0.3 is 0 Å². The summed E-state index contributed by atoms with van der Waals surface area (Å²) in [6.45, 7) is 0.622. The number of hydrogen-bond donors (Lipinski definition) is 1. The highest BCUT2D eigenvalue weighted by atomic mass is 35.5. The van der Waals surface area contributed by atoms with E-state index in [-0.39, 0.29) is 18.1 Å². The van der Waals surface area contributed by atoms with Crippen molar-refractivity contribution in [3.63, 3.8) is 0 Å². The molecule has 0 aliphatic carbocycles. The number of nitrogens with zero attached hydrogens (tertiary/aromatic N) is 3. The van der Waals surface area contributed by atoms with Gasteiger partial charge in [-0.25, -0.2) is 5.43 Å². The van der Waals surface area contributed by atoms with Crippen molar-refractivity contribution in [2.45, 2.75) is 12.3 Å². The van der Waals surface area contributed by atoms with Crippen molar-refractivity contribution in [3.8, 4) is 22.3 Å². The van der Waals surface area contributed by atoms with Crippen LogP contribution in [0.3, 0.4) is 0 Å². The predicted molar refractivity (Wildman–Crippen MR) is 163 cm³/mol. The average Bonchev–Trinajstić information content (AvgIpc) is 3.52. The first kappa shape index (κ1) is 28.1. The molecule has 0 radical (unpaired) electrons. The first-order chi connectivity index (χ1) is 19.5. The standard InChI is InChI=1S/C30H24Cl2N4O2S2/c1-38-27-12-10-22(15-23(27)28-8-5-13-39-28)29-24(16-33)30(37)36(40-18-20-6-3-2-4-7-20)19-35(29)34-17-21-9-11-25(31)26(32)14-21/h2-15,34H,17-19H2,1H3. The fourth-order valence-electron chi connectivity index (χ4n) is 4.30. The highest BCUT2D eigenvalue weighted by molar-refractivity contribution is 7.96. The molecule has 0 bridgehead atoms. The summed E-state index contributed by atoms with van der Waals surface area (Å²) in [6, 6.07) is 27.2. The number of rotatable bonds is 9. The van der Waals surface area contributed by atoms with Gasteiger partial charge in [-0.2, -0.15) is 5.26 Å². The summed E-state index contributed by atoms with van der Waals surface area (Å²) in [5, 5.41) is 15.0. The Hall–Kier alpha value is -3.45. The zero-order valence-electron chi connectivity index (χ0n) is 21.4. The lowest BCUT2D eigenvalue weighted by Crippen LogP contribution is -2.49. The summed E-state index contributed by atoms with van der Waals surface area (Å²) in [6.07, 6.45) is 0. The highest BCUT2D eigenvalue weighted by Crippen LogP contribution is 2.38. The van der Waals surface area contributed by atoms with Crippen LogP contribution in [-0.4, -0.2) is 29.0 Å². The molecule has 1 aliphatic heterocycles. The molecule has 6 nitrogen and oxygen atoms in total. The van der Waals surface area contributed by atoms with Crippen LogP contribution >= 0.6 is 46.5 Å². The fourth-order valence-corrected chi connectivity index (χ4v) is 6.27. The molecular weight excluding hydrogens is 583 g/mol. The average molecular weight is 608 g/mol. The van der Waals surface area contributed by atoms with E-state index in [2.05, 4.69) is 11.5 Å². The quantitative estimate of drug-likeness (QED) is 0.198. The van der Waals surface area contributed by atoms with E-state index in [9.17, 15) is 10.1 Å². The smallest absolute Gasteiger partial charge is 0.278 e. The topological polar surface area (TPSA) is 68.6 Å². The molecule has 1 aromatic heterocycles. The number of methoxy groups -OCH3 is 1. The molecule has 0 fully saturated rings. The van der Waals surface area contributed by atoms with Crippen LogP contribution < -0.4 is 10.2 Å². The van der Waals surface area contributed by atoms with E-state index in [1.165, 1.54) is 11.9 Å². The van der Waals surface area contributed by atoms with E-state index in [0.717, 1.165) is 27.1 Å². The molecule has 1 N–H and O–H groups in total. The summed E-state index contributed by atoms with van der Waals surface area (Å²) >= 11 is 15.3. The number of nitrogens with one attached hydrogen (secondary N) is 1. The molecule has 0 spiro atoms. The summed E-state index contributed by atoms with van der Waals surface area (Å²) in [4.78, 5) is 14.6. The summed E-state index contributed by atoms with van der Waals surface area (Å²) in [5.41, 5.74) is 7.57. The third-order valence-corrected chi connectivity index (χ3v) is 8.97. The maximum Gasteiger partial charge on any atom is 0.278 e. The van der Waals surface area contributed by atoms with Gasteiger partial charge in [0.15, 0.2) is 0 Å². The van der Waals surface area contributed by atoms with Gasteiger partial charge in [0.25, 0.3) is 5.91 Å². The largest absolute Gasteiger partial charge is 0.496 e. The van der Waals surface area contributed by atoms with Crippen molar-refractivity contribution in [1.82, 2.24) is 14.7 Å². The minimum atomic E-state index is -0.334. The van der Waals surface area contributed by atoms with E-state index >= 15 is 0 Å². The van der Waals surface area contributed by atoms with E-state index in [4.69, 9.17) is 27.9 Å². The maximum atomic E-state index is 13.6. The van der Waals surface area contributed by atoms with Crippen LogP contribution in [0.2, 0.25) is 10.0 Å². The van der Waals surface area contributed by atoms with Crippen LogP contribution in [0.25, 0.3) is 16.1 Å². The fraction of sp³-hybridized carbons (Fsp3) is 0.133. The number of amides is 1. The molecule has 5 rings (SSSR count). The van der Waals surface area contributed by atoms with Crippen LogP contribution in [0.15, 0.2) is 89.8 Å². The second kappa shape index (κ2) is 12.8. The zero-order chi connectivity index (χ0) is 28.1.